The molecule has 0 amide bonds. The van der Waals surface area contributed by atoms with Crippen LogP contribution in [-0.2, 0) is 6.42 Å². The summed E-state index contributed by atoms with van der Waals surface area (Å²) in [7, 11) is 0. The molecular weight excluding hydrogens is 253 g/mol. The van der Waals surface area contributed by atoms with Gasteiger partial charge in [0.2, 0.25) is 0 Å². The van der Waals surface area contributed by atoms with Crippen molar-refractivity contribution in [1.82, 2.24) is 5.32 Å². The van der Waals surface area contributed by atoms with Crippen molar-refractivity contribution in [2.75, 3.05) is 18.4 Å². The lowest BCUT2D eigenvalue weighted by molar-refractivity contribution is -0.139. The second-order valence-electron chi connectivity index (χ2n) is 5.24. The highest BCUT2D eigenvalue weighted by Crippen LogP contribution is 2.24. The van der Waals surface area contributed by atoms with Gasteiger partial charge in [-0.2, -0.15) is 13.2 Å². The van der Waals surface area contributed by atoms with Crippen molar-refractivity contribution in [2.24, 2.45) is 5.92 Å². The van der Waals surface area contributed by atoms with Crippen LogP contribution in [0.5, 0.6) is 0 Å². The van der Waals surface area contributed by atoms with Crippen LogP contribution in [0.3, 0.4) is 0 Å². The number of benzene rings is 1. The van der Waals surface area contributed by atoms with Crippen molar-refractivity contribution in [3.8, 4) is 0 Å². The first-order chi connectivity index (χ1) is 8.94. The molecule has 0 saturated carbocycles. The minimum absolute atomic E-state index is 0.339. The number of hydrogen-bond acceptors (Lipinski definition) is 2. The maximum Gasteiger partial charge on any atom is 0.390 e. The van der Waals surface area contributed by atoms with Crippen molar-refractivity contribution < 1.29 is 13.2 Å². The van der Waals surface area contributed by atoms with E-state index in [2.05, 4.69) is 16.7 Å². The van der Waals surface area contributed by atoms with E-state index in [1.54, 1.807) is 6.92 Å². The van der Waals surface area contributed by atoms with Gasteiger partial charge in [0.1, 0.15) is 0 Å². The third-order valence-corrected chi connectivity index (χ3v) is 3.40. The van der Waals surface area contributed by atoms with Crippen LogP contribution in [0.2, 0.25) is 0 Å². The molecule has 2 unspecified atom stereocenters. The normalized spacial score (nSPS) is 20.5. The van der Waals surface area contributed by atoms with Crippen molar-refractivity contribution in [2.45, 2.75) is 32.0 Å². The van der Waals surface area contributed by atoms with E-state index in [1.165, 1.54) is 5.56 Å². The Morgan fingerprint density at radius 1 is 1.37 bits per heavy atom. The van der Waals surface area contributed by atoms with Gasteiger partial charge >= 0.3 is 6.18 Å². The largest absolute Gasteiger partial charge is 0.390 e. The summed E-state index contributed by atoms with van der Waals surface area (Å²) in [6, 6.07) is 7.54. The summed E-state index contributed by atoms with van der Waals surface area (Å²) < 4.78 is 36.6. The number of halogens is 3. The molecule has 1 aromatic carbocycles. The van der Waals surface area contributed by atoms with E-state index in [4.69, 9.17) is 0 Å². The molecule has 0 aromatic heterocycles. The van der Waals surface area contributed by atoms with Crippen LogP contribution < -0.4 is 10.6 Å². The third kappa shape index (κ3) is 4.42. The fourth-order valence-electron chi connectivity index (χ4n) is 2.44. The van der Waals surface area contributed by atoms with Gasteiger partial charge in [-0.15, -0.1) is 0 Å². The first-order valence-electron chi connectivity index (χ1n) is 6.56. The number of hydrogen-bond donors (Lipinski definition) is 2. The van der Waals surface area contributed by atoms with E-state index in [-0.39, 0.29) is 0 Å². The predicted octanol–water partition coefficient (Wildman–Crippen LogP) is 3.20. The Balaban J connectivity index is 1.80. The molecule has 2 N–H and O–H groups in total. The Morgan fingerprint density at radius 2 is 2.11 bits per heavy atom. The van der Waals surface area contributed by atoms with Crippen LogP contribution in [0.4, 0.5) is 18.9 Å². The van der Waals surface area contributed by atoms with E-state index in [0.29, 0.717) is 12.5 Å². The lowest BCUT2D eigenvalue weighted by Gasteiger charge is -2.27. The first kappa shape index (κ1) is 14.2. The highest BCUT2D eigenvalue weighted by atomic mass is 19.4. The average molecular weight is 272 g/mol. The molecule has 1 aromatic rings. The Hall–Kier alpha value is -1.23. The molecule has 0 bridgehead atoms. The summed E-state index contributed by atoms with van der Waals surface area (Å²) in [6.07, 6.45) is -3.96. The minimum Gasteiger partial charge on any atom is -0.384 e. The quantitative estimate of drug-likeness (QED) is 0.879. The van der Waals surface area contributed by atoms with Crippen LogP contribution in [0.25, 0.3) is 0 Å². The highest BCUT2D eigenvalue weighted by Gasteiger charge is 2.30. The van der Waals surface area contributed by atoms with Crippen LogP contribution >= 0.6 is 0 Å². The molecule has 0 radical (unpaired) electrons. The monoisotopic (exact) mass is 272 g/mol. The van der Waals surface area contributed by atoms with Crippen LogP contribution in [0.1, 0.15) is 18.9 Å². The fraction of sp³-hybridized carbons (Fsp3) is 0.571. The lowest BCUT2D eigenvalue weighted by Crippen LogP contribution is -2.38. The molecule has 106 valence electrons. The summed E-state index contributed by atoms with van der Waals surface area (Å²) in [5.74, 6) is 0.339. The molecule has 0 fully saturated rings. The maximum atomic E-state index is 12.2. The smallest absolute Gasteiger partial charge is 0.384 e. The topological polar surface area (TPSA) is 24.1 Å². The minimum atomic E-state index is -4.09. The predicted molar refractivity (Wildman–Crippen MR) is 70.3 cm³/mol. The Morgan fingerprint density at radius 3 is 2.84 bits per heavy atom. The zero-order chi connectivity index (χ0) is 13.9. The molecule has 1 aliphatic heterocycles. The molecule has 0 saturated heterocycles. The summed E-state index contributed by atoms with van der Waals surface area (Å²) >= 11 is 0. The molecular formula is C14H19F3N2. The average Bonchev–Trinajstić information content (AvgIpc) is 2.34. The van der Waals surface area contributed by atoms with Gasteiger partial charge in [-0.05, 0) is 30.9 Å². The van der Waals surface area contributed by atoms with Gasteiger partial charge in [-0.3, -0.25) is 0 Å². The third-order valence-electron chi connectivity index (χ3n) is 3.40. The summed E-state index contributed by atoms with van der Waals surface area (Å²) in [6.45, 7) is 3.00. The van der Waals surface area contributed by atoms with Gasteiger partial charge in [0.25, 0.3) is 0 Å². The van der Waals surface area contributed by atoms with E-state index in [9.17, 15) is 13.2 Å². The number of nitrogens with one attached hydrogen (secondary N) is 2. The molecule has 1 heterocycles. The molecule has 5 heteroatoms. The van der Waals surface area contributed by atoms with Crippen molar-refractivity contribution >= 4 is 5.69 Å². The number of para-hydroxylation sites is 1. The van der Waals surface area contributed by atoms with E-state index in [1.807, 2.05) is 18.2 Å². The molecule has 19 heavy (non-hydrogen) atoms. The number of rotatable bonds is 4. The van der Waals surface area contributed by atoms with Crippen LogP contribution in [0.15, 0.2) is 24.3 Å². The zero-order valence-corrected chi connectivity index (χ0v) is 10.9. The fourth-order valence-corrected chi connectivity index (χ4v) is 2.44. The summed E-state index contributed by atoms with van der Waals surface area (Å²) in [4.78, 5) is 0. The van der Waals surface area contributed by atoms with Crippen molar-refractivity contribution in [3.63, 3.8) is 0 Å². The van der Waals surface area contributed by atoms with Crippen LogP contribution in [-0.4, -0.2) is 25.3 Å². The van der Waals surface area contributed by atoms with Gasteiger partial charge in [-0.1, -0.05) is 18.2 Å². The molecule has 0 spiro atoms. The standard InChI is InChI=1S/C14H19F3N2/c1-10(7-14(15,16)17)18-8-11-6-12-4-2-3-5-13(12)19-9-11/h2-5,10-11,18-19H,6-9H2,1H3. The maximum absolute atomic E-state index is 12.2. The van der Waals surface area contributed by atoms with Crippen molar-refractivity contribution in [1.29, 1.82) is 0 Å². The number of fused-ring (bicyclic) bond motifs is 1. The number of alkyl halides is 3. The molecule has 2 nitrogen and oxygen atoms in total. The SMILES string of the molecule is CC(CC(F)(F)F)NCC1CNc2ccccc2C1. The molecule has 2 rings (SSSR count). The first-order valence-corrected chi connectivity index (χ1v) is 6.56. The van der Waals surface area contributed by atoms with Gasteiger partial charge in [0, 0.05) is 24.8 Å². The van der Waals surface area contributed by atoms with Crippen LogP contribution in [0, 0.1) is 5.92 Å². The highest BCUT2D eigenvalue weighted by molar-refractivity contribution is 5.53. The van der Waals surface area contributed by atoms with Gasteiger partial charge in [0.05, 0.1) is 6.42 Å². The second kappa shape index (κ2) is 5.82. The van der Waals surface area contributed by atoms with E-state index >= 15 is 0 Å². The lowest BCUT2D eigenvalue weighted by atomic mass is 9.94. The van der Waals surface area contributed by atoms with Gasteiger partial charge in [0.15, 0.2) is 0 Å². The Labute approximate surface area is 111 Å². The molecule has 2 atom stereocenters. The second-order valence-corrected chi connectivity index (χ2v) is 5.24. The van der Waals surface area contributed by atoms with Gasteiger partial charge < -0.3 is 10.6 Å². The molecule has 1 aliphatic rings. The van der Waals surface area contributed by atoms with Gasteiger partial charge in [-0.25, -0.2) is 0 Å². The summed E-state index contributed by atoms with van der Waals surface area (Å²) in [5, 5.41) is 6.30. The Kier molecular flexibility index (Phi) is 4.34. The number of anilines is 1. The van der Waals surface area contributed by atoms with Crippen molar-refractivity contribution in [3.05, 3.63) is 29.8 Å². The summed E-state index contributed by atoms with van der Waals surface area (Å²) in [5.41, 5.74) is 2.38. The van der Waals surface area contributed by atoms with E-state index < -0.39 is 18.6 Å². The van der Waals surface area contributed by atoms with E-state index in [0.717, 1.165) is 18.7 Å². The zero-order valence-electron chi connectivity index (χ0n) is 10.9. The molecule has 0 aliphatic carbocycles. The Bertz CT molecular complexity index is 417.